The molecule has 28 heavy (non-hydrogen) atoms. The van der Waals surface area contributed by atoms with E-state index in [1.165, 1.54) is 28.8 Å². The van der Waals surface area contributed by atoms with Crippen molar-refractivity contribution in [2.45, 2.75) is 13.5 Å². The second kappa shape index (κ2) is 6.91. The molecule has 0 atom stereocenters. The summed E-state index contributed by atoms with van der Waals surface area (Å²) in [5.74, 6) is 0.159. The highest BCUT2D eigenvalue weighted by Gasteiger charge is 2.18. The molecule has 4 rings (SSSR count). The van der Waals surface area contributed by atoms with Gasteiger partial charge in [-0.25, -0.2) is 4.98 Å². The second-order valence-corrected chi connectivity index (χ2v) is 5.78. The first-order chi connectivity index (χ1) is 14.7. The third-order valence-corrected chi connectivity index (χ3v) is 4.10. The van der Waals surface area contributed by atoms with Gasteiger partial charge >= 0.3 is 6.61 Å². The van der Waals surface area contributed by atoms with E-state index in [2.05, 4.69) is 14.7 Å². The smallest absolute Gasteiger partial charge is 0.387 e. The number of rotatable bonds is 5. The lowest BCUT2D eigenvalue weighted by Crippen LogP contribution is -2.20. The molecule has 0 bridgehead atoms. The van der Waals surface area contributed by atoms with Crippen LogP contribution in [-0.2, 0) is 6.98 Å². The Bertz CT molecular complexity index is 1320. The molecule has 0 saturated heterocycles. The summed E-state index contributed by atoms with van der Waals surface area (Å²) in [4.78, 5) is 21.7. The fourth-order valence-corrected chi connectivity index (χ4v) is 3.00. The topological polar surface area (TPSA) is 71.2 Å². The largest absolute Gasteiger partial charge is 0.478 e. The average molecular weight is 389 g/mol. The zero-order chi connectivity index (χ0) is 22.3. The number of aryl methyl sites for hydroxylation is 1. The number of hydrogen-bond donors (Lipinski definition) is 0. The number of benzene rings is 1. The summed E-state index contributed by atoms with van der Waals surface area (Å²) in [6, 6.07) is 8.58. The molecule has 0 unspecified atom stereocenters. The molecule has 1 aromatic carbocycles. The lowest BCUT2D eigenvalue weighted by atomic mass is 10.2. The molecule has 3 heterocycles. The predicted molar refractivity (Wildman–Crippen MR) is 99.4 cm³/mol. The number of halogens is 2. The van der Waals surface area contributed by atoms with Gasteiger partial charge in [0, 0.05) is 22.5 Å². The minimum Gasteiger partial charge on any atom is -0.478 e. The molecule has 0 fully saturated rings. The number of imidazole rings is 1. The van der Waals surface area contributed by atoms with Crippen molar-refractivity contribution in [2.75, 3.05) is 6.61 Å². The molecule has 0 N–H and O–H groups in total. The number of aromatic nitrogens is 4. The monoisotopic (exact) mass is 389 g/mol. The van der Waals surface area contributed by atoms with Crippen molar-refractivity contribution in [2.24, 2.45) is 6.98 Å². The number of alkyl halides is 2. The van der Waals surface area contributed by atoms with E-state index < -0.39 is 19.1 Å². The van der Waals surface area contributed by atoms with Gasteiger partial charge in [0.2, 0.25) is 5.88 Å². The number of nitrogens with zero attached hydrogens (tertiary/aromatic N) is 4. The van der Waals surface area contributed by atoms with Crippen molar-refractivity contribution in [3.63, 3.8) is 0 Å². The molecule has 0 saturated carbocycles. The van der Waals surface area contributed by atoms with Gasteiger partial charge in [0.1, 0.15) is 5.75 Å². The van der Waals surface area contributed by atoms with Crippen molar-refractivity contribution in [3.05, 3.63) is 53.1 Å². The molecule has 3 aromatic heterocycles. The zero-order valence-electron chi connectivity index (χ0n) is 17.6. The van der Waals surface area contributed by atoms with E-state index in [0.29, 0.717) is 17.7 Å². The van der Waals surface area contributed by atoms with E-state index in [1.807, 2.05) is 0 Å². The highest BCUT2D eigenvalue weighted by atomic mass is 19.3. The van der Waals surface area contributed by atoms with Crippen LogP contribution in [0.5, 0.6) is 11.6 Å². The summed E-state index contributed by atoms with van der Waals surface area (Å²) in [5, 5.41) is 0.361. The lowest BCUT2D eigenvalue weighted by molar-refractivity contribution is -0.0498. The van der Waals surface area contributed by atoms with Crippen molar-refractivity contribution < 1.29 is 22.4 Å². The van der Waals surface area contributed by atoms with Crippen molar-refractivity contribution in [3.8, 4) is 17.3 Å². The molecule has 0 radical (unpaired) electrons. The number of pyridine rings is 2. The van der Waals surface area contributed by atoms with Crippen molar-refractivity contribution >= 4 is 22.1 Å². The summed E-state index contributed by atoms with van der Waals surface area (Å²) in [6.07, 6.45) is 1.08. The molecule has 0 aliphatic rings. The van der Waals surface area contributed by atoms with Gasteiger partial charge in [0.15, 0.2) is 11.2 Å². The Balaban J connectivity index is 2.05. The van der Waals surface area contributed by atoms with Crippen LogP contribution in [0.1, 0.15) is 11.0 Å². The maximum absolute atomic E-state index is 13.3. The van der Waals surface area contributed by atoms with Gasteiger partial charge < -0.3 is 14.0 Å². The Hall–Kier alpha value is -3.49. The molecular weight excluding hydrogens is 370 g/mol. The van der Waals surface area contributed by atoms with Crippen LogP contribution in [0.25, 0.3) is 27.8 Å². The number of fused-ring (bicyclic) bond motifs is 3. The van der Waals surface area contributed by atoms with E-state index in [9.17, 15) is 13.6 Å². The van der Waals surface area contributed by atoms with Crippen molar-refractivity contribution in [1.29, 1.82) is 0 Å². The quantitative estimate of drug-likeness (QED) is 0.524. The Kier molecular flexibility index (Phi) is 3.59. The first kappa shape index (κ1) is 14.6. The van der Waals surface area contributed by atoms with Crippen LogP contribution in [0, 0.1) is 0 Å². The normalized spacial score (nSPS) is 13.5. The standard InChI is InChI=1S/C19H16F2N4O3/c1-3-27-14-9-8-13-16-15(22-10-24(16)2)18(26)25(17(13)23-14)11-4-6-12(7-5-11)28-19(20)21/h4-10,19H,3H2,1-2H3/i2D3. The minimum absolute atomic E-state index is 0.0671. The van der Waals surface area contributed by atoms with E-state index in [0.717, 1.165) is 10.9 Å². The Morgan fingerprint density at radius 1 is 1.21 bits per heavy atom. The molecule has 144 valence electrons. The van der Waals surface area contributed by atoms with Crippen LogP contribution in [0.3, 0.4) is 0 Å². The first-order valence-corrected chi connectivity index (χ1v) is 8.32. The van der Waals surface area contributed by atoms with Gasteiger partial charge in [-0.1, -0.05) is 0 Å². The summed E-state index contributed by atoms with van der Waals surface area (Å²) < 4.78 is 60.1. The fraction of sp³-hybridized carbons (Fsp3) is 0.211. The van der Waals surface area contributed by atoms with Gasteiger partial charge in [0.05, 0.1) is 24.1 Å². The highest BCUT2D eigenvalue weighted by Crippen LogP contribution is 2.26. The molecule has 0 aliphatic carbocycles. The Morgan fingerprint density at radius 2 is 2.00 bits per heavy atom. The summed E-state index contributed by atoms with van der Waals surface area (Å²) in [5.41, 5.74) is -0.124. The van der Waals surface area contributed by atoms with Crippen LogP contribution in [0.2, 0.25) is 0 Å². The molecule has 7 nitrogen and oxygen atoms in total. The molecule has 9 heteroatoms. The number of ether oxygens (including phenoxy) is 2. The van der Waals surface area contributed by atoms with Crippen LogP contribution < -0.4 is 15.0 Å². The maximum Gasteiger partial charge on any atom is 0.387 e. The molecule has 4 aromatic rings. The molecule has 0 amide bonds. The summed E-state index contributed by atoms with van der Waals surface area (Å²) in [7, 11) is 0. The van der Waals surface area contributed by atoms with Crippen LogP contribution in [-0.4, -0.2) is 32.3 Å². The van der Waals surface area contributed by atoms with E-state index in [1.54, 1.807) is 19.1 Å². The molecular formula is C19H16F2N4O3. The number of hydrogen-bond acceptors (Lipinski definition) is 5. The minimum atomic E-state index is -2.98. The SMILES string of the molecule is [2H]C([2H])([2H])n1cnc2c(=O)n(-c3ccc(OC(F)F)cc3)c3nc(OCC)ccc3c21. The maximum atomic E-state index is 13.3. The molecule has 0 aliphatic heterocycles. The van der Waals surface area contributed by atoms with Gasteiger partial charge in [-0.2, -0.15) is 13.8 Å². The predicted octanol–water partition coefficient (Wildman–Crippen LogP) is 3.27. The zero-order valence-corrected chi connectivity index (χ0v) is 14.6. The highest BCUT2D eigenvalue weighted by molar-refractivity contribution is 6.01. The Morgan fingerprint density at radius 3 is 2.68 bits per heavy atom. The molecule has 0 spiro atoms. The third-order valence-electron chi connectivity index (χ3n) is 4.10. The Labute approximate surface area is 162 Å². The third kappa shape index (κ3) is 2.94. The second-order valence-electron chi connectivity index (χ2n) is 5.78. The van der Waals surface area contributed by atoms with Crippen LogP contribution in [0.15, 0.2) is 47.5 Å². The fourth-order valence-electron chi connectivity index (χ4n) is 3.00. The summed E-state index contributed by atoms with van der Waals surface area (Å²) >= 11 is 0. The lowest BCUT2D eigenvalue weighted by Gasteiger charge is -2.13. The van der Waals surface area contributed by atoms with E-state index in [-0.39, 0.29) is 28.3 Å². The van der Waals surface area contributed by atoms with Gasteiger partial charge in [-0.05, 0) is 37.3 Å². The van der Waals surface area contributed by atoms with E-state index in [4.69, 9.17) is 8.85 Å². The van der Waals surface area contributed by atoms with Crippen LogP contribution in [0.4, 0.5) is 8.78 Å². The first-order valence-electron chi connectivity index (χ1n) is 9.82. The van der Waals surface area contributed by atoms with Gasteiger partial charge in [-0.15, -0.1) is 0 Å². The van der Waals surface area contributed by atoms with E-state index >= 15 is 0 Å². The summed E-state index contributed by atoms with van der Waals surface area (Å²) in [6.45, 7) is -3.44. The van der Waals surface area contributed by atoms with Gasteiger partial charge in [-0.3, -0.25) is 9.36 Å². The average Bonchev–Trinajstić information content (AvgIpc) is 3.15. The van der Waals surface area contributed by atoms with Gasteiger partial charge in [0.25, 0.3) is 5.56 Å². The van der Waals surface area contributed by atoms with Crippen LogP contribution >= 0.6 is 0 Å². The van der Waals surface area contributed by atoms with Crippen molar-refractivity contribution in [1.82, 2.24) is 19.1 Å².